The van der Waals surface area contributed by atoms with Gasteiger partial charge >= 0.3 is 0 Å². The summed E-state index contributed by atoms with van der Waals surface area (Å²) in [7, 11) is 0. The van der Waals surface area contributed by atoms with Crippen LogP contribution in [0.4, 0.5) is 21.5 Å². The fourth-order valence-corrected chi connectivity index (χ4v) is 3.43. The first-order chi connectivity index (χ1) is 14.6. The number of carbonyl (C=O) groups excluding carboxylic acids is 2. The van der Waals surface area contributed by atoms with Gasteiger partial charge in [-0.3, -0.25) is 9.59 Å². The highest BCUT2D eigenvalue weighted by Gasteiger charge is 2.18. The van der Waals surface area contributed by atoms with Gasteiger partial charge in [0.05, 0.1) is 29.3 Å². The lowest BCUT2D eigenvalue weighted by Crippen LogP contribution is -2.21. The molecule has 2 aromatic carbocycles. The van der Waals surface area contributed by atoms with Crippen molar-refractivity contribution in [2.45, 2.75) is 12.8 Å². The van der Waals surface area contributed by atoms with E-state index in [2.05, 4.69) is 25.7 Å². The Morgan fingerprint density at radius 1 is 0.900 bits per heavy atom. The second-order valence-corrected chi connectivity index (χ2v) is 6.98. The average Bonchev–Trinajstić information content (AvgIpc) is 3.29. The van der Waals surface area contributed by atoms with Crippen molar-refractivity contribution >= 4 is 28.9 Å². The lowest BCUT2D eigenvalue weighted by atomic mass is 10.1. The van der Waals surface area contributed by atoms with E-state index in [0.29, 0.717) is 5.69 Å². The van der Waals surface area contributed by atoms with Crippen molar-refractivity contribution in [3.63, 3.8) is 0 Å². The molecule has 4 rings (SSSR count). The molecule has 0 saturated carbocycles. The van der Waals surface area contributed by atoms with Gasteiger partial charge in [-0.2, -0.15) is 10.2 Å². The maximum Gasteiger partial charge on any atom is 0.257 e. The summed E-state index contributed by atoms with van der Waals surface area (Å²) in [6, 6.07) is 12.8. The molecule has 152 valence electrons. The van der Waals surface area contributed by atoms with Crippen LogP contribution >= 0.6 is 0 Å². The van der Waals surface area contributed by atoms with Crippen molar-refractivity contribution in [1.82, 2.24) is 10.2 Å². The Bertz CT molecular complexity index is 1070. The van der Waals surface area contributed by atoms with Crippen molar-refractivity contribution in [3.05, 3.63) is 77.9 Å². The highest BCUT2D eigenvalue weighted by molar-refractivity contribution is 6.08. The molecule has 3 aromatic rings. The van der Waals surface area contributed by atoms with E-state index in [-0.39, 0.29) is 16.8 Å². The van der Waals surface area contributed by atoms with Crippen LogP contribution in [0.1, 0.15) is 33.6 Å². The van der Waals surface area contributed by atoms with Gasteiger partial charge in [-0.1, -0.05) is 12.1 Å². The third-order valence-electron chi connectivity index (χ3n) is 4.86. The highest BCUT2D eigenvalue weighted by atomic mass is 19.1. The first-order valence-corrected chi connectivity index (χ1v) is 9.64. The minimum Gasteiger partial charge on any atom is -0.370 e. The van der Waals surface area contributed by atoms with E-state index < -0.39 is 17.6 Å². The van der Waals surface area contributed by atoms with Gasteiger partial charge in [0.2, 0.25) is 0 Å². The van der Waals surface area contributed by atoms with E-state index in [1.165, 1.54) is 24.5 Å². The minimum atomic E-state index is -0.626. The number of amides is 2. The normalized spacial score (nSPS) is 13.2. The van der Waals surface area contributed by atoms with Gasteiger partial charge in [0, 0.05) is 24.3 Å². The molecule has 7 nitrogen and oxygen atoms in total. The SMILES string of the molecule is O=C(Nc1cc(F)cc(C(=O)Nc2ccccc2N2CCCC2)c1)c1ccnnc1. The van der Waals surface area contributed by atoms with Gasteiger partial charge < -0.3 is 15.5 Å². The van der Waals surface area contributed by atoms with E-state index in [4.69, 9.17) is 0 Å². The third-order valence-corrected chi connectivity index (χ3v) is 4.86. The first-order valence-electron chi connectivity index (χ1n) is 9.64. The van der Waals surface area contributed by atoms with Gasteiger partial charge in [-0.15, -0.1) is 0 Å². The molecule has 1 saturated heterocycles. The van der Waals surface area contributed by atoms with Crippen molar-refractivity contribution < 1.29 is 14.0 Å². The van der Waals surface area contributed by atoms with Crippen LogP contribution in [-0.2, 0) is 0 Å². The fraction of sp³-hybridized carbons (Fsp3) is 0.182. The third kappa shape index (κ3) is 4.43. The number of benzene rings is 2. The molecule has 1 aromatic heterocycles. The fourth-order valence-electron chi connectivity index (χ4n) is 3.43. The van der Waals surface area contributed by atoms with Crippen molar-refractivity contribution in [2.75, 3.05) is 28.6 Å². The van der Waals surface area contributed by atoms with Crippen LogP contribution in [-0.4, -0.2) is 35.1 Å². The van der Waals surface area contributed by atoms with Crippen molar-refractivity contribution in [1.29, 1.82) is 0 Å². The Morgan fingerprint density at radius 2 is 1.67 bits per heavy atom. The monoisotopic (exact) mass is 405 g/mol. The van der Waals surface area contributed by atoms with Crippen LogP contribution in [0.25, 0.3) is 0 Å². The maximum absolute atomic E-state index is 14.1. The molecule has 0 aliphatic carbocycles. The number of nitrogens with one attached hydrogen (secondary N) is 2. The number of carbonyl (C=O) groups is 2. The summed E-state index contributed by atoms with van der Waals surface area (Å²) < 4.78 is 14.1. The van der Waals surface area contributed by atoms with E-state index in [1.54, 1.807) is 0 Å². The second-order valence-electron chi connectivity index (χ2n) is 6.98. The zero-order valence-corrected chi connectivity index (χ0v) is 16.1. The molecule has 2 N–H and O–H groups in total. The molecule has 1 fully saturated rings. The molecular formula is C22H20FN5O2. The van der Waals surface area contributed by atoms with Crippen LogP contribution in [0.15, 0.2) is 60.9 Å². The summed E-state index contributed by atoms with van der Waals surface area (Å²) in [6.07, 6.45) is 4.92. The van der Waals surface area contributed by atoms with Gasteiger partial charge in [-0.25, -0.2) is 4.39 Å². The van der Waals surface area contributed by atoms with Crippen LogP contribution < -0.4 is 15.5 Å². The molecule has 2 amide bonds. The summed E-state index contributed by atoms with van der Waals surface area (Å²) in [5, 5.41) is 12.7. The average molecular weight is 405 g/mol. The molecular weight excluding hydrogens is 385 g/mol. The lowest BCUT2D eigenvalue weighted by molar-refractivity contribution is 0.101. The Hall–Kier alpha value is -3.81. The van der Waals surface area contributed by atoms with Gasteiger partial charge in [-0.05, 0) is 49.2 Å². The Kier molecular flexibility index (Phi) is 5.65. The van der Waals surface area contributed by atoms with E-state index in [0.717, 1.165) is 43.8 Å². The quantitative estimate of drug-likeness (QED) is 0.676. The lowest BCUT2D eigenvalue weighted by Gasteiger charge is -2.21. The zero-order chi connectivity index (χ0) is 20.9. The Morgan fingerprint density at radius 3 is 2.43 bits per heavy atom. The Labute approximate surface area is 172 Å². The molecule has 2 heterocycles. The predicted octanol–water partition coefficient (Wildman–Crippen LogP) is 3.72. The van der Waals surface area contributed by atoms with Crippen LogP contribution in [0.5, 0.6) is 0 Å². The van der Waals surface area contributed by atoms with Crippen molar-refractivity contribution in [2.24, 2.45) is 0 Å². The number of hydrogen-bond acceptors (Lipinski definition) is 5. The van der Waals surface area contributed by atoms with E-state index in [9.17, 15) is 14.0 Å². The summed E-state index contributed by atoms with van der Waals surface area (Å²) in [5.74, 6) is -1.55. The molecule has 0 radical (unpaired) electrons. The van der Waals surface area contributed by atoms with Crippen molar-refractivity contribution in [3.8, 4) is 0 Å². The highest BCUT2D eigenvalue weighted by Crippen LogP contribution is 2.29. The number of anilines is 3. The summed E-state index contributed by atoms with van der Waals surface area (Å²) in [4.78, 5) is 27.3. The number of aromatic nitrogens is 2. The zero-order valence-electron chi connectivity index (χ0n) is 16.1. The second kappa shape index (κ2) is 8.69. The molecule has 8 heteroatoms. The van der Waals surface area contributed by atoms with Crippen LogP contribution in [0.2, 0.25) is 0 Å². The minimum absolute atomic E-state index is 0.106. The maximum atomic E-state index is 14.1. The van der Waals surface area contributed by atoms with Gasteiger partial charge in [0.15, 0.2) is 0 Å². The molecule has 1 aliphatic heterocycles. The number of rotatable bonds is 5. The van der Waals surface area contributed by atoms with Crippen LogP contribution in [0.3, 0.4) is 0 Å². The number of hydrogen-bond donors (Lipinski definition) is 2. The topological polar surface area (TPSA) is 87.2 Å². The Balaban J connectivity index is 1.53. The first kappa shape index (κ1) is 19.5. The summed E-state index contributed by atoms with van der Waals surface area (Å²) in [6.45, 7) is 1.87. The molecule has 0 spiro atoms. The largest absolute Gasteiger partial charge is 0.370 e. The molecule has 0 bridgehead atoms. The molecule has 0 atom stereocenters. The van der Waals surface area contributed by atoms with Gasteiger partial charge in [0.1, 0.15) is 5.82 Å². The van der Waals surface area contributed by atoms with Crippen LogP contribution in [0, 0.1) is 5.82 Å². The number of halogens is 1. The van der Waals surface area contributed by atoms with Gasteiger partial charge in [0.25, 0.3) is 11.8 Å². The molecule has 30 heavy (non-hydrogen) atoms. The van der Waals surface area contributed by atoms with E-state index >= 15 is 0 Å². The smallest absolute Gasteiger partial charge is 0.257 e. The predicted molar refractivity (Wildman–Crippen MR) is 112 cm³/mol. The number of nitrogens with zero attached hydrogens (tertiary/aromatic N) is 3. The molecule has 1 aliphatic rings. The summed E-state index contributed by atoms with van der Waals surface area (Å²) in [5.41, 5.74) is 2.17. The standard InChI is InChI=1S/C22H20FN5O2/c23-17-11-16(12-18(13-17)26-21(29)15-7-8-24-25-14-15)22(30)27-19-5-1-2-6-20(19)28-9-3-4-10-28/h1-2,5-8,11-14H,3-4,9-10H2,(H,26,29)(H,27,30). The molecule has 0 unspecified atom stereocenters. The van der Waals surface area contributed by atoms with E-state index in [1.807, 2.05) is 24.3 Å². The number of para-hydroxylation sites is 2. The summed E-state index contributed by atoms with van der Waals surface area (Å²) >= 11 is 0.